The average Bonchev–Trinajstić information content (AvgIpc) is 2.81. The average molecular weight is 212 g/mol. The van der Waals surface area contributed by atoms with Crippen molar-refractivity contribution in [2.45, 2.75) is 50.3 Å². The quantitative estimate of drug-likeness (QED) is 0.762. The largest absolute Gasteiger partial charge is 0.380 e. The van der Waals surface area contributed by atoms with Crippen molar-refractivity contribution in [3.8, 4) is 0 Å². The van der Waals surface area contributed by atoms with Crippen molar-refractivity contribution in [1.82, 2.24) is 10.2 Å². The topological polar surface area (TPSA) is 24.5 Å². The van der Waals surface area contributed by atoms with Crippen LogP contribution in [0.2, 0.25) is 0 Å². The van der Waals surface area contributed by atoms with Crippen LogP contribution in [0.1, 0.15) is 32.1 Å². The zero-order valence-corrected chi connectivity index (χ0v) is 10.0. The van der Waals surface area contributed by atoms with Crippen molar-refractivity contribution in [2.24, 2.45) is 0 Å². The minimum atomic E-state index is 0.411. The zero-order valence-electron chi connectivity index (χ0n) is 10.0. The summed E-state index contributed by atoms with van der Waals surface area (Å²) in [6, 6.07) is 1.23. The van der Waals surface area contributed by atoms with E-state index in [4.69, 9.17) is 4.74 Å². The van der Waals surface area contributed by atoms with Gasteiger partial charge in [-0.3, -0.25) is 4.90 Å². The number of nitrogens with one attached hydrogen (secondary N) is 1. The maximum Gasteiger partial charge on any atom is 0.0739 e. The number of likely N-dealkylation sites (tertiary alicyclic amines) is 1. The van der Waals surface area contributed by atoms with Gasteiger partial charge in [0, 0.05) is 19.2 Å². The highest BCUT2D eigenvalue weighted by Crippen LogP contribution is 2.27. The lowest BCUT2D eigenvalue weighted by Crippen LogP contribution is -2.56. The van der Waals surface area contributed by atoms with Gasteiger partial charge in [0.1, 0.15) is 0 Å². The summed E-state index contributed by atoms with van der Waals surface area (Å²) in [6.07, 6.45) is 7.04. The van der Waals surface area contributed by atoms with Gasteiger partial charge in [-0.15, -0.1) is 0 Å². The molecule has 1 aliphatic heterocycles. The third kappa shape index (κ3) is 2.35. The van der Waals surface area contributed by atoms with E-state index < -0.39 is 0 Å². The molecule has 0 bridgehead atoms. The van der Waals surface area contributed by atoms with E-state index >= 15 is 0 Å². The number of ether oxygens (including phenoxy) is 1. The lowest BCUT2D eigenvalue weighted by molar-refractivity contribution is 0.00364. The van der Waals surface area contributed by atoms with Crippen LogP contribution in [0.3, 0.4) is 0 Å². The molecule has 3 atom stereocenters. The van der Waals surface area contributed by atoms with Crippen LogP contribution in [0.4, 0.5) is 0 Å². The summed E-state index contributed by atoms with van der Waals surface area (Å²) >= 11 is 0. The fourth-order valence-corrected chi connectivity index (χ4v) is 3.26. The molecule has 0 aromatic carbocycles. The maximum atomic E-state index is 5.60. The third-order valence-corrected chi connectivity index (χ3v) is 4.05. The Labute approximate surface area is 93.2 Å². The molecule has 0 radical (unpaired) electrons. The van der Waals surface area contributed by atoms with Crippen molar-refractivity contribution < 1.29 is 4.74 Å². The summed E-state index contributed by atoms with van der Waals surface area (Å²) in [5.74, 6) is 0. The summed E-state index contributed by atoms with van der Waals surface area (Å²) in [6.45, 7) is 2.58. The molecule has 3 heteroatoms. The van der Waals surface area contributed by atoms with Gasteiger partial charge >= 0.3 is 0 Å². The van der Waals surface area contributed by atoms with E-state index in [1.807, 2.05) is 7.11 Å². The smallest absolute Gasteiger partial charge is 0.0739 e. The number of hydrogen-bond donors (Lipinski definition) is 1. The lowest BCUT2D eigenvalue weighted by atomic mass is 9.87. The fraction of sp³-hybridized carbons (Fsp3) is 1.00. The van der Waals surface area contributed by atoms with E-state index in [1.54, 1.807) is 0 Å². The van der Waals surface area contributed by atoms with Gasteiger partial charge in [-0.25, -0.2) is 0 Å². The molecule has 2 rings (SSSR count). The molecule has 88 valence electrons. The first-order valence-electron chi connectivity index (χ1n) is 6.31. The summed E-state index contributed by atoms with van der Waals surface area (Å²) in [5, 5.41) is 3.47. The fourth-order valence-electron chi connectivity index (χ4n) is 3.26. The molecule has 15 heavy (non-hydrogen) atoms. The normalized spacial score (nSPS) is 38.4. The van der Waals surface area contributed by atoms with Crippen LogP contribution in [-0.4, -0.2) is 50.3 Å². The van der Waals surface area contributed by atoms with Crippen molar-refractivity contribution in [3.05, 3.63) is 0 Å². The predicted molar refractivity (Wildman–Crippen MR) is 62.1 cm³/mol. The maximum absolute atomic E-state index is 5.60. The predicted octanol–water partition coefficient (Wildman–Crippen LogP) is 1.24. The van der Waals surface area contributed by atoms with Crippen LogP contribution in [0.25, 0.3) is 0 Å². The summed E-state index contributed by atoms with van der Waals surface area (Å²) in [7, 11) is 3.92. The van der Waals surface area contributed by atoms with Crippen molar-refractivity contribution >= 4 is 0 Å². The molecule has 2 fully saturated rings. The third-order valence-electron chi connectivity index (χ3n) is 4.05. The van der Waals surface area contributed by atoms with Crippen molar-refractivity contribution in [1.29, 1.82) is 0 Å². The van der Waals surface area contributed by atoms with Gasteiger partial charge in [0.2, 0.25) is 0 Å². The first-order valence-corrected chi connectivity index (χ1v) is 6.31. The zero-order chi connectivity index (χ0) is 10.7. The standard InChI is InChI=1S/C12H24N2O/c1-13-12-10(14-8-3-4-9-14)6-5-7-11(12)15-2/h10-13H,3-9H2,1-2H3/t10-,11-,12+/m1/s1. The van der Waals surface area contributed by atoms with Crippen molar-refractivity contribution in [2.75, 3.05) is 27.2 Å². The Kier molecular flexibility index (Phi) is 4.00. The highest BCUT2D eigenvalue weighted by atomic mass is 16.5. The first kappa shape index (κ1) is 11.4. The van der Waals surface area contributed by atoms with Crippen LogP contribution in [0.5, 0.6) is 0 Å². The molecule has 1 saturated heterocycles. The summed E-state index contributed by atoms with van der Waals surface area (Å²) in [5.41, 5.74) is 0. The molecular formula is C12H24N2O. The number of rotatable bonds is 3. The molecule has 0 aromatic rings. The van der Waals surface area contributed by atoms with E-state index in [2.05, 4.69) is 17.3 Å². The van der Waals surface area contributed by atoms with Gasteiger partial charge in [0.15, 0.2) is 0 Å². The number of nitrogens with zero attached hydrogens (tertiary/aromatic N) is 1. The Morgan fingerprint density at radius 1 is 1.13 bits per heavy atom. The SMILES string of the molecule is CN[C@H]1[C@H](N2CCCC2)CCC[C@H]1OC. The Hall–Kier alpha value is -0.120. The minimum absolute atomic E-state index is 0.411. The van der Waals surface area contributed by atoms with E-state index in [-0.39, 0.29) is 0 Å². The molecule has 0 amide bonds. The molecule has 1 aliphatic carbocycles. The summed E-state index contributed by atoms with van der Waals surface area (Å²) in [4.78, 5) is 2.66. The van der Waals surface area contributed by atoms with Crippen LogP contribution >= 0.6 is 0 Å². The molecule has 1 saturated carbocycles. The highest BCUT2D eigenvalue weighted by Gasteiger charge is 2.36. The van der Waals surface area contributed by atoms with Crippen LogP contribution in [0.15, 0.2) is 0 Å². The van der Waals surface area contributed by atoms with E-state index in [9.17, 15) is 0 Å². The monoisotopic (exact) mass is 212 g/mol. The minimum Gasteiger partial charge on any atom is -0.380 e. The van der Waals surface area contributed by atoms with Crippen LogP contribution < -0.4 is 5.32 Å². The van der Waals surface area contributed by atoms with E-state index in [0.717, 1.165) is 0 Å². The van der Waals surface area contributed by atoms with Gasteiger partial charge in [0.25, 0.3) is 0 Å². The lowest BCUT2D eigenvalue weighted by Gasteiger charge is -2.41. The Morgan fingerprint density at radius 3 is 2.47 bits per heavy atom. The Balaban J connectivity index is 2.00. The number of hydrogen-bond acceptors (Lipinski definition) is 3. The van der Waals surface area contributed by atoms with E-state index in [0.29, 0.717) is 18.2 Å². The van der Waals surface area contributed by atoms with Crippen LogP contribution in [-0.2, 0) is 4.74 Å². The molecule has 3 nitrogen and oxygen atoms in total. The van der Waals surface area contributed by atoms with E-state index in [1.165, 1.54) is 45.2 Å². The molecule has 0 unspecified atom stereocenters. The second kappa shape index (κ2) is 5.28. The number of likely N-dealkylation sites (N-methyl/N-ethyl adjacent to an activating group) is 1. The molecule has 2 aliphatic rings. The second-order valence-corrected chi connectivity index (χ2v) is 4.83. The Bertz CT molecular complexity index is 192. The highest BCUT2D eigenvalue weighted by molar-refractivity contribution is 4.94. The van der Waals surface area contributed by atoms with Gasteiger partial charge in [0.05, 0.1) is 6.10 Å². The molecule has 0 aromatic heterocycles. The van der Waals surface area contributed by atoms with Gasteiger partial charge < -0.3 is 10.1 Å². The molecule has 1 N–H and O–H groups in total. The van der Waals surface area contributed by atoms with Gasteiger partial charge in [-0.2, -0.15) is 0 Å². The molecular weight excluding hydrogens is 188 g/mol. The summed E-state index contributed by atoms with van der Waals surface area (Å²) < 4.78 is 5.60. The molecule has 0 spiro atoms. The first-order chi connectivity index (χ1) is 7.36. The Morgan fingerprint density at radius 2 is 1.87 bits per heavy atom. The van der Waals surface area contributed by atoms with Crippen molar-refractivity contribution in [3.63, 3.8) is 0 Å². The van der Waals surface area contributed by atoms with Gasteiger partial charge in [-0.1, -0.05) is 0 Å². The second-order valence-electron chi connectivity index (χ2n) is 4.83. The molecule has 1 heterocycles. The van der Waals surface area contributed by atoms with Crippen LogP contribution in [0, 0.1) is 0 Å². The van der Waals surface area contributed by atoms with Gasteiger partial charge in [-0.05, 0) is 52.2 Å². The number of methoxy groups -OCH3 is 1.